The van der Waals surface area contributed by atoms with E-state index in [-0.39, 0.29) is 5.69 Å². The van der Waals surface area contributed by atoms with Crippen molar-refractivity contribution in [2.24, 2.45) is 0 Å². The number of para-hydroxylation sites is 1. The Morgan fingerprint density at radius 1 is 0.929 bits per heavy atom. The molecule has 0 saturated heterocycles. The summed E-state index contributed by atoms with van der Waals surface area (Å²) in [5, 5.41) is 6.79. The predicted octanol–water partition coefficient (Wildman–Crippen LogP) is 6.42. The zero-order valence-corrected chi connectivity index (χ0v) is 16.2. The first-order valence-electron chi connectivity index (χ1n) is 9.61. The summed E-state index contributed by atoms with van der Waals surface area (Å²) in [6.07, 6.45) is 5.93. The molecule has 1 aliphatic carbocycles. The van der Waals surface area contributed by atoms with Crippen molar-refractivity contribution in [2.45, 2.75) is 38.1 Å². The predicted molar refractivity (Wildman–Crippen MR) is 113 cm³/mol. The summed E-state index contributed by atoms with van der Waals surface area (Å²) in [5.41, 5.74) is 1.95. The highest BCUT2D eigenvalue weighted by molar-refractivity contribution is 6.33. The van der Waals surface area contributed by atoms with Crippen LogP contribution < -0.4 is 10.6 Å². The summed E-state index contributed by atoms with van der Waals surface area (Å²) in [7, 11) is 0. The van der Waals surface area contributed by atoms with Crippen LogP contribution in [-0.4, -0.2) is 16.0 Å². The van der Waals surface area contributed by atoms with E-state index in [1.165, 1.54) is 25.3 Å². The van der Waals surface area contributed by atoms with Crippen LogP contribution in [0.2, 0.25) is 5.02 Å². The molecule has 0 aliphatic heterocycles. The fraction of sp³-hybridized carbons (Fsp3) is 0.273. The Hall–Kier alpha value is -2.66. The van der Waals surface area contributed by atoms with Gasteiger partial charge in [0.1, 0.15) is 11.6 Å². The third-order valence-corrected chi connectivity index (χ3v) is 5.26. The highest BCUT2D eigenvalue weighted by atomic mass is 35.5. The van der Waals surface area contributed by atoms with Crippen LogP contribution in [0.15, 0.2) is 54.6 Å². The average Bonchev–Trinajstić information content (AvgIpc) is 2.72. The van der Waals surface area contributed by atoms with Crippen LogP contribution in [0.25, 0.3) is 11.3 Å². The fourth-order valence-electron chi connectivity index (χ4n) is 3.51. The summed E-state index contributed by atoms with van der Waals surface area (Å²) in [6.45, 7) is 0. The van der Waals surface area contributed by atoms with Crippen LogP contribution in [0.4, 0.5) is 21.8 Å². The number of nitrogens with one attached hydrogen (secondary N) is 2. The highest BCUT2D eigenvalue weighted by Gasteiger charge is 2.16. The van der Waals surface area contributed by atoms with E-state index in [4.69, 9.17) is 16.6 Å². The third-order valence-electron chi connectivity index (χ3n) is 4.95. The van der Waals surface area contributed by atoms with E-state index < -0.39 is 5.82 Å². The van der Waals surface area contributed by atoms with Gasteiger partial charge in [-0.3, -0.25) is 0 Å². The standard InChI is InChI=1S/C22H22ClFN4/c23-17-12-7-13-18(24)21(17)27-20-14-19(15-8-3-1-4-9-15)26-22(28-20)25-16-10-5-2-6-11-16/h1,3-4,7-9,12-14,16H,2,5-6,10-11H2,(H2,25,26,27,28). The number of benzene rings is 2. The first-order chi connectivity index (χ1) is 13.7. The molecule has 1 aliphatic rings. The van der Waals surface area contributed by atoms with Crippen molar-refractivity contribution >= 4 is 29.1 Å². The van der Waals surface area contributed by atoms with Gasteiger partial charge >= 0.3 is 0 Å². The molecule has 6 heteroatoms. The second-order valence-corrected chi connectivity index (χ2v) is 7.44. The Balaban J connectivity index is 1.69. The maximum Gasteiger partial charge on any atom is 0.225 e. The lowest BCUT2D eigenvalue weighted by Gasteiger charge is -2.23. The molecule has 1 fully saturated rings. The van der Waals surface area contributed by atoms with E-state index in [1.807, 2.05) is 36.4 Å². The van der Waals surface area contributed by atoms with Gasteiger partial charge in [-0.05, 0) is 25.0 Å². The molecule has 0 bridgehead atoms. The van der Waals surface area contributed by atoms with Gasteiger partial charge in [0.2, 0.25) is 5.95 Å². The van der Waals surface area contributed by atoms with Gasteiger partial charge in [-0.2, -0.15) is 4.98 Å². The van der Waals surface area contributed by atoms with Crippen LogP contribution >= 0.6 is 11.6 Å². The maximum absolute atomic E-state index is 14.2. The number of hydrogen-bond donors (Lipinski definition) is 2. The number of hydrogen-bond acceptors (Lipinski definition) is 4. The Labute approximate surface area is 169 Å². The van der Waals surface area contributed by atoms with E-state index in [2.05, 4.69) is 15.6 Å². The minimum atomic E-state index is -0.422. The van der Waals surface area contributed by atoms with Crippen molar-refractivity contribution in [3.05, 3.63) is 65.4 Å². The first kappa shape index (κ1) is 18.7. The number of halogens is 2. The van der Waals surface area contributed by atoms with Gasteiger partial charge < -0.3 is 10.6 Å². The topological polar surface area (TPSA) is 49.8 Å². The molecule has 4 nitrogen and oxygen atoms in total. The molecular weight excluding hydrogens is 375 g/mol. The quantitative estimate of drug-likeness (QED) is 0.522. The molecule has 2 N–H and O–H groups in total. The number of aromatic nitrogens is 2. The van der Waals surface area contributed by atoms with Crippen molar-refractivity contribution < 1.29 is 4.39 Å². The fourth-order valence-corrected chi connectivity index (χ4v) is 3.72. The van der Waals surface area contributed by atoms with Crippen LogP contribution in [0.5, 0.6) is 0 Å². The summed E-state index contributed by atoms with van der Waals surface area (Å²) in [6, 6.07) is 16.6. The van der Waals surface area contributed by atoms with Crippen molar-refractivity contribution in [3.8, 4) is 11.3 Å². The van der Waals surface area contributed by atoms with Gasteiger partial charge in [0.25, 0.3) is 0 Å². The van der Waals surface area contributed by atoms with Crippen molar-refractivity contribution in [1.29, 1.82) is 0 Å². The Bertz CT molecular complexity index is 922. The monoisotopic (exact) mass is 396 g/mol. The van der Waals surface area contributed by atoms with E-state index in [0.717, 1.165) is 24.1 Å². The molecule has 1 aromatic heterocycles. The third kappa shape index (κ3) is 4.42. The van der Waals surface area contributed by atoms with Gasteiger partial charge in [-0.15, -0.1) is 0 Å². The largest absolute Gasteiger partial charge is 0.351 e. The zero-order chi connectivity index (χ0) is 19.3. The van der Waals surface area contributed by atoms with Crippen molar-refractivity contribution in [2.75, 3.05) is 10.6 Å². The second-order valence-electron chi connectivity index (χ2n) is 7.03. The normalized spacial score (nSPS) is 14.6. The van der Waals surface area contributed by atoms with Gasteiger partial charge in [0.05, 0.1) is 16.4 Å². The van der Waals surface area contributed by atoms with Crippen LogP contribution in [0.1, 0.15) is 32.1 Å². The van der Waals surface area contributed by atoms with E-state index in [0.29, 0.717) is 22.8 Å². The molecule has 3 aromatic rings. The maximum atomic E-state index is 14.2. The molecule has 28 heavy (non-hydrogen) atoms. The number of nitrogens with zero attached hydrogens (tertiary/aromatic N) is 2. The van der Waals surface area contributed by atoms with Gasteiger partial charge in [-0.1, -0.05) is 67.3 Å². The van der Waals surface area contributed by atoms with Gasteiger partial charge in [0.15, 0.2) is 0 Å². The molecule has 0 radical (unpaired) electrons. The van der Waals surface area contributed by atoms with Crippen LogP contribution in [0.3, 0.4) is 0 Å². The van der Waals surface area contributed by atoms with Crippen molar-refractivity contribution in [1.82, 2.24) is 9.97 Å². The second kappa shape index (κ2) is 8.57. The lowest BCUT2D eigenvalue weighted by atomic mass is 9.96. The zero-order valence-electron chi connectivity index (χ0n) is 15.5. The molecule has 1 heterocycles. The van der Waals surface area contributed by atoms with E-state index >= 15 is 0 Å². The Kier molecular flexibility index (Phi) is 5.72. The lowest BCUT2D eigenvalue weighted by molar-refractivity contribution is 0.461. The molecule has 0 atom stereocenters. The molecule has 2 aromatic carbocycles. The molecular formula is C22H22ClFN4. The minimum Gasteiger partial charge on any atom is -0.351 e. The van der Waals surface area contributed by atoms with Crippen LogP contribution in [0, 0.1) is 5.82 Å². The van der Waals surface area contributed by atoms with Gasteiger partial charge in [0, 0.05) is 17.7 Å². The molecule has 144 valence electrons. The molecule has 4 rings (SSSR count). The molecule has 0 amide bonds. The molecule has 0 unspecified atom stereocenters. The summed E-state index contributed by atoms with van der Waals surface area (Å²) < 4.78 is 14.2. The van der Waals surface area contributed by atoms with Crippen molar-refractivity contribution in [3.63, 3.8) is 0 Å². The lowest BCUT2D eigenvalue weighted by Crippen LogP contribution is -2.23. The highest BCUT2D eigenvalue weighted by Crippen LogP contribution is 2.30. The summed E-state index contributed by atoms with van der Waals surface area (Å²) >= 11 is 6.17. The Morgan fingerprint density at radius 2 is 1.71 bits per heavy atom. The van der Waals surface area contributed by atoms with Gasteiger partial charge in [-0.25, -0.2) is 9.37 Å². The van der Waals surface area contributed by atoms with Crippen LogP contribution in [-0.2, 0) is 0 Å². The SMILES string of the molecule is Fc1cccc(Cl)c1Nc1cc(-c2ccccc2)nc(NC2CCCCC2)n1. The van der Waals surface area contributed by atoms with E-state index in [9.17, 15) is 4.39 Å². The first-order valence-corrected chi connectivity index (χ1v) is 9.99. The average molecular weight is 397 g/mol. The summed E-state index contributed by atoms with van der Waals surface area (Å²) in [4.78, 5) is 9.27. The number of anilines is 3. The minimum absolute atomic E-state index is 0.213. The molecule has 0 spiro atoms. The summed E-state index contributed by atoms with van der Waals surface area (Å²) in [5.74, 6) is 0.622. The molecule has 1 saturated carbocycles. The van der Waals surface area contributed by atoms with E-state index in [1.54, 1.807) is 12.1 Å². The smallest absolute Gasteiger partial charge is 0.225 e. The Morgan fingerprint density at radius 3 is 2.46 bits per heavy atom. The number of rotatable bonds is 5.